The van der Waals surface area contributed by atoms with E-state index in [4.69, 9.17) is 4.74 Å². The zero-order valence-electron chi connectivity index (χ0n) is 5.80. The second-order valence-electron chi connectivity index (χ2n) is 1.98. The molecule has 0 radical (unpaired) electrons. The molecular weight excluding hydrogens is 251 g/mol. The lowest BCUT2D eigenvalue weighted by molar-refractivity contribution is 0.415. The summed E-state index contributed by atoms with van der Waals surface area (Å²) in [5.41, 5.74) is 0. The van der Waals surface area contributed by atoms with Crippen molar-refractivity contribution in [2.24, 2.45) is 0 Å². The standard InChI is InChI=1S/C7H7O.HI.Mg/c1-8-7-5-3-2-4-6-7;;/h3-6H,1H3;1H;/q;;+1/p-1. The van der Waals surface area contributed by atoms with Crippen LogP contribution in [0.25, 0.3) is 0 Å². The number of benzene rings is 1. The Morgan fingerprint density at radius 2 is 1.90 bits per heavy atom. The Balaban J connectivity index is 2.80. The van der Waals surface area contributed by atoms with Gasteiger partial charge in [0.1, 0.15) is 5.75 Å². The third-order valence-electron chi connectivity index (χ3n) is 1.31. The van der Waals surface area contributed by atoms with Crippen molar-refractivity contribution in [3.8, 4) is 5.75 Å². The first kappa shape index (κ1) is 8.61. The van der Waals surface area contributed by atoms with Crippen molar-refractivity contribution in [2.45, 2.75) is 0 Å². The summed E-state index contributed by atoms with van der Waals surface area (Å²) in [6.07, 6.45) is 0. The van der Waals surface area contributed by atoms with E-state index < -0.39 is 0 Å². The molecule has 0 unspecified atom stereocenters. The molecular formula is C7H7IMgO. The van der Waals surface area contributed by atoms with Crippen LogP contribution in [0.5, 0.6) is 5.75 Å². The van der Waals surface area contributed by atoms with Crippen molar-refractivity contribution in [1.82, 2.24) is 0 Å². The molecule has 0 saturated heterocycles. The summed E-state index contributed by atoms with van der Waals surface area (Å²) in [5.74, 6) is 0.947. The van der Waals surface area contributed by atoms with Crippen molar-refractivity contribution in [3.05, 3.63) is 24.3 Å². The lowest BCUT2D eigenvalue weighted by Gasteiger charge is -1.98. The second kappa shape index (κ2) is 4.41. The Hall–Kier alpha value is 0.516. The van der Waals surface area contributed by atoms with E-state index in [9.17, 15) is 0 Å². The van der Waals surface area contributed by atoms with Gasteiger partial charge < -0.3 is 4.74 Å². The van der Waals surface area contributed by atoms with E-state index in [0.717, 1.165) is 5.75 Å². The van der Waals surface area contributed by atoms with Crippen LogP contribution in [-0.4, -0.2) is 23.6 Å². The van der Waals surface area contributed by atoms with Gasteiger partial charge in [-0.05, 0) is 12.1 Å². The molecule has 1 nitrogen and oxygen atoms in total. The van der Waals surface area contributed by atoms with Crippen molar-refractivity contribution in [3.63, 3.8) is 0 Å². The Bertz CT molecular complexity index is 174. The molecule has 0 aliphatic carbocycles. The third kappa shape index (κ3) is 2.28. The maximum Gasteiger partial charge on any atom is 0.502 e. The molecule has 0 N–H and O–H groups in total. The average Bonchev–Trinajstić information content (AvgIpc) is 2.05. The van der Waals surface area contributed by atoms with Crippen LogP contribution >= 0.6 is 18.9 Å². The summed E-state index contributed by atoms with van der Waals surface area (Å²) in [5, 5.41) is 0. The minimum atomic E-state index is -0.0179. The van der Waals surface area contributed by atoms with E-state index in [-0.39, 0.29) is 16.5 Å². The highest BCUT2D eigenvalue weighted by Gasteiger charge is 1.93. The first-order valence-electron chi connectivity index (χ1n) is 3.05. The van der Waals surface area contributed by atoms with Gasteiger partial charge in [0, 0.05) is 0 Å². The highest BCUT2D eigenvalue weighted by atomic mass is 127. The van der Waals surface area contributed by atoms with Crippen LogP contribution in [0.3, 0.4) is 0 Å². The Labute approximate surface area is 80.3 Å². The largest absolute Gasteiger partial charge is 0.502 e. The van der Waals surface area contributed by atoms with E-state index in [2.05, 4.69) is 31.0 Å². The van der Waals surface area contributed by atoms with Crippen molar-refractivity contribution < 1.29 is 4.74 Å². The number of methoxy groups -OCH3 is 1. The van der Waals surface area contributed by atoms with E-state index >= 15 is 0 Å². The molecule has 1 rings (SSSR count). The van der Waals surface area contributed by atoms with Gasteiger partial charge in [-0.3, -0.25) is 18.9 Å². The quantitative estimate of drug-likeness (QED) is 0.575. The van der Waals surface area contributed by atoms with E-state index in [1.54, 1.807) is 7.11 Å². The maximum atomic E-state index is 5.03. The zero-order chi connectivity index (χ0) is 7.40. The molecule has 1 aromatic carbocycles. The zero-order valence-corrected chi connectivity index (χ0v) is 9.37. The molecule has 0 spiro atoms. The number of hydrogen-bond acceptors (Lipinski definition) is 1. The molecule has 0 aliphatic rings. The topological polar surface area (TPSA) is 9.23 Å². The molecule has 0 aliphatic heterocycles. The van der Waals surface area contributed by atoms with Crippen LogP contribution in [0, 0.1) is 0 Å². The summed E-state index contributed by atoms with van der Waals surface area (Å²) in [4.78, 5) is 0. The highest BCUT2D eigenvalue weighted by Crippen LogP contribution is 2.05. The van der Waals surface area contributed by atoms with Gasteiger partial charge in [0.2, 0.25) is 0 Å². The molecule has 1 aromatic rings. The molecule has 10 heavy (non-hydrogen) atoms. The normalized spacial score (nSPS) is 8.60. The predicted octanol–water partition coefficient (Wildman–Crippen LogP) is 1.37. The maximum absolute atomic E-state index is 5.03. The van der Waals surface area contributed by atoms with Crippen molar-refractivity contribution in [1.29, 1.82) is 0 Å². The third-order valence-corrected chi connectivity index (χ3v) is 4.74. The molecule has 0 aromatic heterocycles. The lowest BCUT2D eigenvalue weighted by atomic mass is 10.3. The molecule has 0 atom stereocenters. The minimum Gasteiger partial charge on any atom is -0.497 e. The van der Waals surface area contributed by atoms with E-state index in [0.29, 0.717) is 0 Å². The predicted molar refractivity (Wildman–Crippen MR) is 52.4 cm³/mol. The smallest absolute Gasteiger partial charge is 0.497 e. The van der Waals surface area contributed by atoms with E-state index in [1.807, 2.05) is 12.1 Å². The van der Waals surface area contributed by atoms with Gasteiger partial charge in [-0.2, -0.15) is 3.69 Å². The molecule has 0 bridgehead atoms. The summed E-state index contributed by atoms with van der Waals surface area (Å²) in [6.45, 7) is 0. The SMILES string of the molecule is COc1cc[c]([Mg][I])cc1. The number of halogens is 1. The Morgan fingerprint density at radius 1 is 1.30 bits per heavy atom. The number of hydrogen-bond donors (Lipinski definition) is 0. The van der Waals surface area contributed by atoms with Gasteiger partial charge >= 0.3 is 16.5 Å². The number of ether oxygens (including phenoxy) is 1. The van der Waals surface area contributed by atoms with Crippen molar-refractivity contribution in [2.75, 3.05) is 7.11 Å². The van der Waals surface area contributed by atoms with Crippen LogP contribution in [0.4, 0.5) is 0 Å². The van der Waals surface area contributed by atoms with Gasteiger partial charge in [-0.15, -0.1) is 0 Å². The fraction of sp³-hybridized carbons (Fsp3) is 0.143. The van der Waals surface area contributed by atoms with Crippen LogP contribution in [0.1, 0.15) is 0 Å². The second-order valence-corrected chi connectivity index (χ2v) is 5.35. The van der Waals surface area contributed by atoms with Gasteiger partial charge in [0.15, 0.2) is 0 Å². The molecule has 3 heteroatoms. The van der Waals surface area contributed by atoms with Crippen molar-refractivity contribution >= 4 is 39.0 Å². The van der Waals surface area contributed by atoms with Crippen LogP contribution < -0.4 is 8.43 Å². The molecule has 0 fully saturated rings. The molecule has 0 saturated carbocycles. The summed E-state index contributed by atoms with van der Waals surface area (Å²) >= 11 is 2.46. The highest BCUT2D eigenvalue weighted by molar-refractivity contribution is 14.1. The fourth-order valence-corrected chi connectivity index (χ4v) is 2.65. The number of rotatable bonds is 2. The van der Waals surface area contributed by atoms with Gasteiger partial charge in [-0.25, -0.2) is 0 Å². The average molecular weight is 258 g/mol. The molecule has 0 amide bonds. The Morgan fingerprint density at radius 3 is 2.30 bits per heavy atom. The van der Waals surface area contributed by atoms with Crippen LogP contribution in [0.15, 0.2) is 24.3 Å². The first-order valence-corrected chi connectivity index (χ1v) is 8.87. The summed E-state index contributed by atoms with van der Waals surface area (Å²) in [6, 6.07) is 8.30. The molecule has 0 heterocycles. The van der Waals surface area contributed by atoms with Gasteiger partial charge in [0.25, 0.3) is 0 Å². The fourth-order valence-electron chi connectivity index (χ4n) is 0.715. The summed E-state index contributed by atoms with van der Waals surface area (Å²) in [7, 11) is 1.69. The monoisotopic (exact) mass is 258 g/mol. The first-order chi connectivity index (χ1) is 4.86. The van der Waals surface area contributed by atoms with E-state index in [1.165, 1.54) is 3.69 Å². The van der Waals surface area contributed by atoms with Crippen LogP contribution in [0.2, 0.25) is 0 Å². The summed E-state index contributed by atoms with van der Waals surface area (Å²) < 4.78 is 6.50. The molecule has 50 valence electrons. The van der Waals surface area contributed by atoms with Gasteiger partial charge in [-0.1, -0.05) is 12.1 Å². The Kier molecular flexibility index (Phi) is 3.79. The van der Waals surface area contributed by atoms with Crippen LogP contribution in [-0.2, 0) is 0 Å². The minimum absolute atomic E-state index is 0.0179. The lowest BCUT2D eigenvalue weighted by Crippen LogP contribution is -2.06. The van der Waals surface area contributed by atoms with Gasteiger partial charge in [0.05, 0.1) is 7.11 Å².